The van der Waals surface area contributed by atoms with Crippen LogP contribution in [0.4, 0.5) is 5.69 Å². The van der Waals surface area contributed by atoms with Gasteiger partial charge in [0.05, 0.1) is 29.4 Å². The van der Waals surface area contributed by atoms with Gasteiger partial charge in [0.1, 0.15) is 5.76 Å². The van der Waals surface area contributed by atoms with E-state index in [1.165, 1.54) is 12.0 Å². The van der Waals surface area contributed by atoms with Crippen molar-refractivity contribution in [2.45, 2.75) is 39.2 Å². The highest BCUT2D eigenvalue weighted by molar-refractivity contribution is 5.53. The lowest BCUT2D eigenvalue weighted by atomic mass is 9.93. The quantitative estimate of drug-likeness (QED) is 0.835. The van der Waals surface area contributed by atoms with Gasteiger partial charge in [-0.3, -0.25) is 5.10 Å². The maximum Gasteiger partial charge on any atom is 0.109 e. The molecule has 0 spiro atoms. The molecule has 1 atom stereocenters. The number of hydrogen-bond acceptors (Lipinski definition) is 3. The Balaban J connectivity index is 1.89. The second-order valence-electron chi connectivity index (χ2n) is 4.70. The molecule has 0 bridgehead atoms. The minimum Gasteiger partial charge on any atom is -0.469 e. The van der Waals surface area contributed by atoms with Crippen LogP contribution in [0.15, 0.2) is 16.7 Å². The third-order valence-corrected chi connectivity index (χ3v) is 3.50. The topological polar surface area (TPSA) is 53.9 Å². The Morgan fingerprint density at radius 3 is 3.12 bits per heavy atom. The lowest BCUT2D eigenvalue weighted by molar-refractivity contribution is 0.461. The van der Waals surface area contributed by atoms with Gasteiger partial charge in [-0.15, -0.1) is 0 Å². The number of furan rings is 1. The zero-order valence-corrected chi connectivity index (χ0v) is 10.2. The lowest BCUT2D eigenvalue weighted by Gasteiger charge is -2.23. The normalized spacial score (nSPS) is 19.1. The van der Waals surface area contributed by atoms with Crippen LogP contribution in [-0.2, 0) is 6.42 Å². The smallest absolute Gasteiger partial charge is 0.109 e. The van der Waals surface area contributed by atoms with Gasteiger partial charge < -0.3 is 9.73 Å². The number of nitrogens with zero attached hydrogens (tertiary/aromatic N) is 1. The summed E-state index contributed by atoms with van der Waals surface area (Å²) in [5, 5.41) is 10.8. The number of hydrogen-bond donors (Lipinski definition) is 2. The van der Waals surface area contributed by atoms with Crippen LogP contribution >= 0.6 is 0 Å². The number of rotatable bonds is 2. The fourth-order valence-electron chi connectivity index (χ4n) is 2.57. The Kier molecular flexibility index (Phi) is 2.42. The van der Waals surface area contributed by atoms with E-state index in [9.17, 15) is 0 Å². The number of aromatic nitrogens is 2. The average Bonchev–Trinajstić information content (AvgIpc) is 2.91. The summed E-state index contributed by atoms with van der Waals surface area (Å²) in [4.78, 5) is 0. The van der Waals surface area contributed by atoms with Crippen LogP contribution in [0.3, 0.4) is 0 Å². The van der Waals surface area contributed by atoms with Crippen LogP contribution in [0.2, 0.25) is 0 Å². The van der Waals surface area contributed by atoms with Crippen LogP contribution in [-0.4, -0.2) is 10.2 Å². The number of aryl methyl sites for hydroxylation is 3. The monoisotopic (exact) mass is 231 g/mol. The molecule has 0 aliphatic heterocycles. The van der Waals surface area contributed by atoms with Crippen molar-refractivity contribution >= 4 is 5.69 Å². The summed E-state index contributed by atoms with van der Waals surface area (Å²) in [5.41, 5.74) is 4.55. The highest BCUT2D eigenvalue weighted by Crippen LogP contribution is 2.34. The zero-order valence-electron chi connectivity index (χ0n) is 10.2. The highest BCUT2D eigenvalue weighted by atomic mass is 16.3. The first kappa shape index (κ1) is 10.4. The van der Waals surface area contributed by atoms with Gasteiger partial charge in [0.2, 0.25) is 0 Å². The van der Waals surface area contributed by atoms with E-state index in [1.807, 2.05) is 13.8 Å². The molecule has 4 nitrogen and oxygen atoms in total. The first-order chi connectivity index (χ1) is 8.25. The Labute approximate surface area is 100 Å². The fourth-order valence-corrected chi connectivity index (χ4v) is 2.57. The van der Waals surface area contributed by atoms with Crippen molar-refractivity contribution in [1.82, 2.24) is 10.2 Å². The minimum absolute atomic E-state index is 0.354. The Bertz CT molecular complexity index is 507. The summed E-state index contributed by atoms with van der Waals surface area (Å²) in [7, 11) is 0. The van der Waals surface area contributed by atoms with Crippen molar-refractivity contribution in [2.75, 3.05) is 5.32 Å². The summed E-state index contributed by atoms with van der Waals surface area (Å²) < 4.78 is 5.50. The molecule has 2 N–H and O–H groups in total. The van der Waals surface area contributed by atoms with E-state index >= 15 is 0 Å². The molecule has 1 aliphatic rings. The minimum atomic E-state index is 0.354. The van der Waals surface area contributed by atoms with Gasteiger partial charge >= 0.3 is 0 Å². The van der Waals surface area contributed by atoms with Gasteiger partial charge in [-0.2, -0.15) is 5.10 Å². The van der Waals surface area contributed by atoms with Crippen molar-refractivity contribution in [2.24, 2.45) is 0 Å². The Morgan fingerprint density at radius 1 is 1.47 bits per heavy atom. The fraction of sp³-hybridized carbons (Fsp3) is 0.462. The molecule has 90 valence electrons. The lowest BCUT2D eigenvalue weighted by Crippen LogP contribution is -2.16. The van der Waals surface area contributed by atoms with Crippen molar-refractivity contribution in [3.63, 3.8) is 0 Å². The first-order valence-corrected chi connectivity index (χ1v) is 6.10. The predicted octanol–water partition coefficient (Wildman–Crippen LogP) is 3.11. The summed E-state index contributed by atoms with van der Waals surface area (Å²) in [5.74, 6) is 1.13. The molecule has 0 saturated heterocycles. The van der Waals surface area contributed by atoms with Crippen molar-refractivity contribution in [3.05, 3.63) is 35.0 Å². The molecule has 0 radical (unpaired) electrons. The molecule has 17 heavy (non-hydrogen) atoms. The van der Waals surface area contributed by atoms with Gasteiger partial charge in [0.15, 0.2) is 0 Å². The van der Waals surface area contributed by atoms with Crippen LogP contribution < -0.4 is 5.32 Å². The number of anilines is 1. The summed E-state index contributed by atoms with van der Waals surface area (Å²) in [6.45, 7) is 4.06. The van der Waals surface area contributed by atoms with Crippen LogP contribution in [0.25, 0.3) is 0 Å². The second kappa shape index (κ2) is 3.95. The number of fused-ring (bicyclic) bond motifs is 1. The SMILES string of the molecule is Cc1n[nH]c(C)c1NC1CCCc2occc21. The largest absolute Gasteiger partial charge is 0.469 e. The molecule has 0 amide bonds. The van der Waals surface area contributed by atoms with E-state index in [0.717, 1.165) is 35.7 Å². The third kappa shape index (κ3) is 1.73. The summed E-state index contributed by atoms with van der Waals surface area (Å²) in [6, 6.07) is 2.43. The van der Waals surface area contributed by atoms with E-state index in [2.05, 4.69) is 21.6 Å². The van der Waals surface area contributed by atoms with Gasteiger partial charge in [-0.25, -0.2) is 0 Å². The molecule has 4 heteroatoms. The number of aromatic amines is 1. The first-order valence-electron chi connectivity index (χ1n) is 6.10. The zero-order chi connectivity index (χ0) is 11.8. The molecular weight excluding hydrogens is 214 g/mol. The number of nitrogens with one attached hydrogen (secondary N) is 2. The Morgan fingerprint density at radius 2 is 2.35 bits per heavy atom. The molecule has 1 aliphatic carbocycles. The molecule has 2 heterocycles. The van der Waals surface area contributed by atoms with Crippen molar-refractivity contribution in [1.29, 1.82) is 0 Å². The molecule has 3 rings (SSSR count). The maximum absolute atomic E-state index is 5.50. The van der Waals surface area contributed by atoms with Gasteiger partial charge in [0.25, 0.3) is 0 Å². The second-order valence-corrected chi connectivity index (χ2v) is 4.70. The molecule has 0 saturated carbocycles. The number of H-pyrrole nitrogens is 1. The van der Waals surface area contributed by atoms with E-state index in [0.29, 0.717) is 6.04 Å². The molecule has 0 aromatic carbocycles. The average molecular weight is 231 g/mol. The van der Waals surface area contributed by atoms with E-state index in [-0.39, 0.29) is 0 Å². The van der Waals surface area contributed by atoms with Gasteiger partial charge in [-0.05, 0) is 32.8 Å². The molecule has 0 fully saturated rings. The van der Waals surface area contributed by atoms with Crippen LogP contribution in [0, 0.1) is 13.8 Å². The predicted molar refractivity (Wildman–Crippen MR) is 66.1 cm³/mol. The van der Waals surface area contributed by atoms with Crippen LogP contribution in [0.1, 0.15) is 41.6 Å². The van der Waals surface area contributed by atoms with Gasteiger partial charge in [0, 0.05) is 12.0 Å². The molecule has 2 aromatic rings. The van der Waals surface area contributed by atoms with Crippen molar-refractivity contribution < 1.29 is 4.42 Å². The third-order valence-electron chi connectivity index (χ3n) is 3.50. The van der Waals surface area contributed by atoms with E-state index < -0.39 is 0 Å². The standard InChI is InChI=1S/C13H17N3O/c1-8-13(9(2)16-15-8)14-11-4-3-5-12-10(11)6-7-17-12/h6-7,11,14H,3-5H2,1-2H3,(H,15,16). The summed E-state index contributed by atoms with van der Waals surface area (Å²) >= 11 is 0. The van der Waals surface area contributed by atoms with Crippen LogP contribution in [0.5, 0.6) is 0 Å². The van der Waals surface area contributed by atoms with Crippen molar-refractivity contribution in [3.8, 4) is 0 Å². The Hall–Kier alpha value is -1.71. The van der Waals surface area contributed by atoms with E-state index in [1.54, 1.807) is 6.26 Å². The highest BCUT2D eigenvalue weighted by Gasteiger charge is 2.23. The molecular formula is C13H17N3O. The summed E-state index contributed by atoms with van der Waals surface area (Å²) in [6.07, 6.45) is 5.17. The molecule has 1 unspecified atom stereocenters. The van der Waals surface area contributed by atoms with E-state index in [4.69, 9.17) is 4.42 Å². The maximum atomic E-state index is 5.50. The molecule has 2 aromatic heterocycles. The van der Waals surface area contributed by atoms with Gasteiger partial charge in [-0.1, -0.05) is 0 Å².